The Labute approximate surface area is 110 Å². The molecule has 102 valence electrons. The van der Waals surface area contributed by atoms with E-state index in [-0.39, 0.29) is 6.04 Å². The third-order valence-corrected chi connectivity index (χ3v) is 3.88. The van der Waals surface area contributed by atoms with Crippen molar-refractivity contribution in [3.05, 3.63) is 11.9 Å². The lowest BCUT2D eigenvalue weighted by Gasteiger charge is -2.20. The largest absolute Gasteiger partial charge is 0.342 e. The van der Waals surface area contributed by atoms with E-state index < -0.39 is 0 Å². The molecule has 2 rings (SSSR count). The molecule has 2 N–H and O–H groups in total. The van der Waals surface area contributed by atoms with Gasteiger partial charge >= 0.3 is 0 Å². The van der Waals surface area contributed by atoms with E-state index in [4.69, 9.17) is 10.7 Å². The third-order valence-electron chi connectivity index (χ3n) is 3.88. The highest BCUT2D eigenvalue weighted by Gasteiger charge is 2.27. The van der Waals surface area contributed by atoms with E-state index in [1.165, 1.54) is 12.1 Å². The van der Waals surface area contributed by atoms with E-state index in [1.54, 1.807) is 0 Å². The van der Waals surface area contributed by atoms with Gasteiger partial charge in [-0.25, -0.2) is 4.98 Å². The summed E-state index contributed by atoms with van der Waals surface area (Å²) < 4.78 is 2.31. The van der Waals surface area contributed by atoms with E-state index in [0.717, 1.165) is 38.4 Å². The van der Waals surface area contributed by atoms with E-state index >= 15 is 0 Å². The van der Waals surface area contributed by atoms with Gasteiger partial charge in [0.15, 0.2) is 0 Å². The highest BCUT2D eigenvalue weighted by atomic mass is 15.3. The minimum atomic E-state index is 0.287. The van der Waals surface area contributed by atoms with Crippen molar-refractivity contribution in [1.82, 2.24) is 9.55 Å². The lowest BCUT2D eigenvalue weighted by atomic mass is 10.0. The molecule has 1 saturated heterocycles. The average Bonchev–Trinajstić information content (AvgIpc) is 2.94. The number of nitrogens with zero attached hydrogens (tertiary/aromatic N) is 3. The van der Waals surface area contributed by atoms with Crippen LogP contribution in [0.1, 0.15) is 39.3 Å². The molecule has 1 aromatic heterocycles. The maximum absolute atomic E-state index is 6.01. The zero-order valence-electron chi connectivity index (χ0n) is 11.9. The molecule has 1 fully saturated rings. The van der Waals surface area contributed by atoms with Crippen LogP contribution in [-0.4, -0.2) is 28.7 Å². The lowest BCUT2D eigenvalue weighted by Crippen LogP contribution is -2.30. The van der Waals surface area contributed by atoms with E-state index in [2.05, 4.69) is 36.4 Å². The Morgan fingerprint density at radius 2 is 2.28 bits per heavy atom. The molecule has 1 aliphatic heterocycles. The maximum Gasteiger partial charge on any atom is 0.205 e. The van der Waals surface area contributed by atoms with Gasteiger partial charge in [0.25, 0.3) is 0 Å². The van der Waals surface area contributed by atoms with Gasteiger partial charge in [0.2, 0.25) is 5.95 Å². The normalized spacial score (nSPS) is 21.6. The average molecular weight is 250 g/mol. The molecule has 0 radical (unpaired) electrons. The number of hydrogen-bond donors (Lipinski definition) is 1. The first-order chi connectivity index (χ1) is 8.65. The summed E-state index contributed by atoms with van der Waals surface area (Å²) in [6.07, 6.45) is 5.56. The van der Waals surface area contributed by atoms with Crippen LogP contribution in [0, 0.1) is 5.92 Å². The molecule has 4 heteroatoms. The quantitative estimate of drug-likeness (QED) is 0.870. The molecule has 0 amide bonds. The second-order valence-electron chi connectivity index (χ2n) is 5.43. The minimum Gasteiger partial charge on any atom is -0.342 e. The zero-order valence-corrected chi connectivity index (χ0v) is 11.9. The fraction of sp³-hybridized carbons (Fsp3) is 0.786. The third kappa shape index (κ3) is 2.69. The number of nitrogens with two attached hydrogens (primary N) is 1. The Kier molecular flexibility index (Phi) is 4.27. The molecule has 0 aromatic carbocycles. The molecule has 1 aromatic rings. The van der Waals surface area contributed by atoms with Gasteiger partial charge in [-0.2, -0.15) is 0 Å². The van der Waals surface area contributed by atoms with Crippen molar-refractivity contribution in [3.8, 4) is 0 Å². The van der Waals surface area contributed by atoms with Crippen LogP contribution in [0.5, 0.6) is 0 Å². The molecule has 0 bridgehead atoms. The predicted molar refractivity (Wildman–Crippen MR) is 75.9 cm³/mol. The summed E-state index contributed by atoms with van der Waals surface area (Å²) in [7, 11) is 0. The minimum absolute atomic E-state index is 0.287. The van der Waals surface area contributed by atoms with Gasteiger partial charge in [-0.15, -0.1) is 0 Å². The van der Waals surface area contributed by atoms with Crippen molar-refractivity contribution in [2.24, 2.45) is 11.7 Å². The van der Waals surface area contributed by atoms with Gasteiger partial charge in [0, 0.05) is 31.9 Å². The van der Waals surface area contributed by atoms with E-state index in [0.29, 0.717) is 5.92 Å². The van der Waals surface area contributed by atoms with Crippen LogP contribution < -0.4 is 10.6 Å². The Balaban J connectivity index is 2.14. The summed E-state index contributed by atoms with van der Waals surface area (Å²) in [4.78, 5) is 7.18. The molecular formula is C14H26N4. The highest BCUT2D eigenvalue weighted by molar-refractivity contribution is 5.35. The van der Waals surface area contributed by atoms with Crippen LogP contribution in [0.2, 0.25) is 0 Å². The van der Waals surface area contributed by atoms with Crippen molar-refractivity contribution >= 4 is 5.95 Å². The smallest absolute Gasteiger partial charge is 0.205 e. The first kappa shape index (κ1) is 13.4. The first-order valence-corrected chi connectivity index (χ1v) is 7.22. The number of aromatic nitrogens is 2. The molecule has 1 aliphatic rings. The summed E-state index contributed by atoms with van der Waals surface area (Å²) >= 11 is 0. The fourth-order valence-corrected chi connectivity index (χ4v) is 2.69. The number of imidazole rings is 1. The molecular weight excluding hydrogens is 224 g/mol. The molecule has 2 heterocycles. The maximum atomic E-state index is 6.01. The molecule has 0 spiro atoms. The van der Waals surface area contributed by atoms with Crippen LogP contribution in [0.15, 0.2) is 6.20 Å². The van der Waals surface area contributed by atoms with Gasteiger partial charge in [-0.05, 0) is 32.1 Å². The van der Waals surface area contributed by atoms with Crippen molar-refractivity contribution in [2.75, 3.05) is 18.0 Å². The van der Waals surface area contributed by atoms with E-state index in [9.17, 15) is 0 Å². The Morgan fingerprint density at radius 1 is 1.50 bits per heavy atom. The second kappa shape index (κ2) is 5.74. The SMILES string of the molecule is CCCn1cc(CC)nc1N1CCC(C(C)N)C1. The summed E-state index contributed by atoms with van der Waals surface area (Å²) in [6.45, 7) is 9.70. The topological polar surface area (TPSA) is 47.1 Å². The Hall–Kier alpha value is -1.03. The fourth-order valence-electron chi connectivity index (χ4n) is 2.69. The Morgan fingerprint density at radius 3 is 2.83 bits per heavy atom. The molecule has 0 saturated carbocycles. The van der Waals surface area contributed by atoms with Crippen LogP contribution in [0.4, 0.5) is 5.95 Å². The predicted octanol–water partition coefficient (Wildman–Crippen LogP) is 2.03. The molecule has 2 unspecified atom stereocenters. The van der Waals surface area contributed by atoms with Crippen molar-refractivity contribution < 1.29 is 0 Å². The summed E-state index contributed by atoms with van der Waals surface area (Å²) in [6, 6.07) is 0.287. The standard InChI is InChI=1S/C14H26N4/c1-4-7-17-10-13(5-2)16-14(17)18-8-6-12(9-18)11(3)15/h10-12H,4-9,15H2,1-3H3. The van der Waals surface area contributed by atoms with Crippen LogP contribution in [0.25, 0.3) is 0 Å². The molecule has 18 heavy (non-hydrogen) atoms. The lowest BCUT2D eigenvalue weighted by molar-refractivity contribution is 0.487. The summed E-state index contributed by atoms with van der Waals surface area (Å²) in [5.74, 6) is 1.76. The van der Waals surface area contributed by atoms with Gasteiger partial charge < -0.3 is 15.2 Å². The molecule has 2 atom stereocenters. The van der Waals surface area contributed by atoms with Gasteiger partial charge in [0.1, 0.15) is 0 Å². The number of anilines is 1. The van der Waals surface area contributed by atoms with Crippen molar-refractivity contribution in [1.29, 1.82) is 0 Å². The highest BCUT2D eigenvalue weighted by Crippen LogP contribution is 2.25. The van der Waals surface area contributed by atoms with Crippen LogP contribution in [-0.2, 0) is 13.0 Å². The molecule has 0 aliphatic carbocycles. The second-order valence-corrected chi connectivity index (χ2v) is 5.43. The Bertz CT molecular complexity index is 383. The molecule has 4 nitrogen and oxygen atoms in total. The number of rotatable bonds is 5. The van der Waals surface area contributed by atoms with Gasteiger partial charge in [-0.3, -0.25) is 0 Å². The summed E-state index contributed by atoms with van der Waals surface area (Å²) in [5, 5.41) is 0. The van der Waals surface area contributed by atoms with Crippen molar-refractivity contribution in [2.45, 2.75) is 52.6 Å². The van der Waals surface area contributed by atoms with Gasteiger partial charge in [-0.1, -0.05) is 13.8 Å². The van der Waals surface area contributed by atoms with Crippen molar-refractivity contribution in [3.63, 3.8) is 0 Å². The number of hydrogen-bond acceptors (Lipinski definition) is 3. The monoisotopic (exact) mass is 250 g/mol. The number of aryl methyl sites for hydroxylation is 2. The van der Waals surface area contributed by atoms with E-state index in [1.807, 2.05) is 0 Å². The first-order valence-electron chi connectivity index (χ1n) is 7.22. The van der Waals surface area contributed by atoms with Crippen LogP contribution >= 0.6 is 0 Å². The van der Waals surface area contributed by atoms with Gasteiger partial charge in [0.05, 0.1) is 5.69 Å². The zero-order chi connectivity index (χ0) is 13.1. The summed E-state index contributed by atoms with van der Waals surface area (Å²) in [5.41, 5.74) is 7.21. The van der Waals surface area contributed by atoms with Crippen LogP contribution in [0.3, 0.4) is 0 Å².